The number of ether oxygens (including phenoxy) is 2. The third-order valence-corrected chi connectivity index (χ3v) is 6.26. The molecule has 1 unspecified atom stereocenters. The van der Waals surface area contributed by atoms with E-state index in [9.17, 15) is 14.7 Å². The van der Waals surface area contributed by atoms with E-state index in [1.54, 1.807) is 43.3 Å². The van der Waals surface area contributed by atoms with Gasteiger partial charge in [-0.3, -0.25) is 9.69 Å². The van der Waals surface area contributed by atoms with Gasteiger partial charge in [-0.2, -0.15) is 0 Å². The quantitative estimate of drug-likeness (QED) is 0.372. The van der Waals surface area contributed by atoms with Gasteiger partial charge in [-0.25, -0.2) is 4.79 Å². The van der Waals surface area contributed by atoms with Gasteiger partial charge in [0.15, 0.2) is 11.5 Å². The van der Waals surface area contributed by atoms with Crippen molar-refractivity contribution in [2.24, 2.45) is 0 Å². The number of halogens is 1. The largest absolute Gasteiger partial charge is 0.490 e. The predicted molar refractivity (Wildman–Crippen MR) is 130 cm³/mol. The van der Waals surface area contributed by atoms with Crippen LogP contribution in [0.15, 0.2) is 47.4 Å². The zero-order valence-corrected chi connectivity index (χ0v) is 19.9. The molecule has 1 heterocycles. The molecular weight excluding hydrogens is 470 g/mol. The maximum Gasteiger partial charge on any atom is 0.326 e. The normalized spacial score (nSPS) is 15.8. The Morgan fingerprint density at radius 3 is 2.53 bits per heavy atom. The number of carbonyl (C=O) groups is 2. The minimum atomic E-state index is -1.08. The molecule has 0 radical (unpaired) electrons. The maximum atomic E-state index is 12.8. The minimum Gasteiger partial charge on any atom is -0.490 e. The van der Waals surface area contributed by atoms with Gasteiger partial charge in [0.1, 0.15) is 17.0 Å². The molecule has 0 aromatic heterocycles. The Hall–Kier alpha value is -2.55. The second-order valence-electron chi connectivity index (χ2n) is 6.87. The fraction of sp³-hybridized carbons (Fsp3) is 0.261. The number of aliphatic carboxylic acids is 1. The highest BCUT2D eigenvalue weighted by atomic mass is 35.5. The van der Waals surface area contributed by atoms with Crippen molar-refractivity contribution < 1.29 is 24.2 Å². The first-order chi connectivity index (χ1) is 15.3. The molecular formula is C23H22ClNO5S2. The Labute approximate surface area is 201 Å². The molecule has 1 amide bonds. The zero-order valence-electron chi connectivity index (χ0n) is 17.5. The van der Waals surface area contributed by atoms with Crippen LogP contribution in [-0.2, 0) is 16.2 Å². The number of thiocarbonyl (C=S) groups is 1. The van der Waals surface area contributed by atoms with E-state index in [1.807, 2.05) is 19.1 Å². The molecule has 0 bridgehead atoms. The highest BCUT2D eigenvalue weighted by Crippen LogP contribution is 2.36. The van der Waals surface area contributed by atoms with Crippen molar-refractivity contribution in [1.82, 2.24) is 4.90 Å². The summed E-state index contributed by atoms with van der Waals surface area (Å²) < 4.78 is 11.9. The smallest absolute Gasteiger partial charge is 0.326 e. The van der Waals surface area contributed by atoms with Crippen molar-refractivity contribution in [2.45, 2.75) is 32.9 Å². The molecule has 2 aromatic carbocycles. The van der Waals surface area contributed by atoms with Gasteiger partial charge in [-0.05, 0) is 54.8 Å². The van der Waals surface area contributed by atoms with Gasteiger partial charge in [0.2, 0.25) is 0 Å². The molecule has 3 rings (SSSR count). The number of hydrogen-bond acceptors (Lipinski definition) is 6. The first-order valence-corrected chi connectivity index (χ1v) is 11.6. The van der Waals surface area contributed by atoms with Crippen LogP contribution in [0.25, 0.3) is 6.08 Å². The molecule has 0 saturated carbocycles. The SMILES string of the molecule is CCOc1cc(/C=C2\SC(=S)N(C(CC)C(=O)O)C2=O)ccc1OCc1ccc(Cl)cc1. The summed E-state index contributed by atoms with van der Waals surface area (Å²) in [6.07, 6.45) is 1.95. The lowest BCUT2D eigenvalue weighted by Crippen LogP contribution is -2.43. The summed E-state index contributed by atoms with van der Waals surface area (Å²) >= 11 is 12.3. The topological polar surface area (TPSA) is 76.1 Å². The molecule has 2 aromatic rings. The molecule has 32 heavy (non-hydrogen) atoms. The van der Waals surface area contributed by atoms with Gasteiger partial charge in [0.05, 0.1) is 11.5 Å². The summed E-state index contributed by atoms with van der Waals surface area (Å²) in [6.45, 7) is 4.37. The van der Waals surface area contributed by atoms with Crippen LogP contribution >= 0.6 is 35.6 Å². The fourth-order valence-corrected chi connectivity index (χ4v) is 4.59. The Morgan fingerprint density at radius 2 is 1.91 bits per heavy atom. The van der Waals surface area contributed by atoms with Crippen LogP contribution in [0, 0.1) is 0 Å². The molecule has 0 spiro atoms. The standard InChI is InChI=1S/C23H22ClNO5S2/c1-3-17(22(27)28)25-21(26)20(32-23(25)31)12-15-7-10-18(19(11-15)29-4-2)30-13-14-5-8-16(24)9-6-14/h5-12,17H,3-4,13H2,1-2H3,(H,27,28)/b20-12-. The summed E-state index contributed by atoms with van der Waals surface area (Å²) in [5, 5.41) is 10.1. The van der Waals surface area contributed by atoms with Gasteiger partial charge < -0.3 is 14.6 Å². The minimum absolute atomic E-state index is 0.239. The number of carboxylic acids is 1. The van der Waals surface area contributed by atoms with Crippen molar-refractivity contribution in [3.63, 3.8) is 0 Å². The van der Waals surface area contributed by atoms with Gasteiger partial charge in [-0.15, -0.1) is 0 Å². The molecule has 168 valence electrons. The van der Waals surface area contributed by atoms with E-state index < -0.39 is 17.9 Å². The molecule has 6 nitrogen and oxygen atoms in total. The highest BCUT2D eigenvalue weighted by molar-refractivity contribution is 8.26. The zero-order chi connectivity index (χ0) is 23.3. The van der Waals surface area contributed by atoms with Crippen LogP contribution < -0.4 is 9.47 Å². The Bertz CT molecular complexity index is 1050. The first kappa shape index (κ1) is 24.1. The molecule has 1 aliphatic heterocycles. The second kappa shape index (κ2) is 10.8. The van der Waals surface area contributed by atoms with Crippen molar-refractivity contribution in [3.8, 4) is 11.5 Å². The highest BCUT2D eigenvalue weighted by Gasteiger charge is 2.39. The molecule has 9 heteroatoms. The Balaban J connectivity index is 1.81. The van der Waals surface area contributed by atoms with Crippen LogP contribution in [0.1, 0.15) is 31.4 Å². The van der Waals surface area contributed by atoms with Crippen molar-refractivity contribution in [1.29, 1.82) is 0 Å². The van der Waals surface area contributed by atoms with Crippen LogP contribution in [0.5, 0.6) is 11.5 Å². The summed E-state index contributed by atoms with van der Waals surface area (Å²) in [4.78, 5) is 25.8. The van der Waals surface area contributed by atoms with Crippen molar-refractivity contribution in [2.75, 3.05) is 6.61 Å². The van der Waals surface area contributed by atoms with Gasteiger partial charge >= 0.3 is 5.97 Å². The van der Waals surface area contributed by atoms with E-state index in [2.05, 4.69) is 0 Å². The number of benzene rings is 2. The van der Waals surface area contributed by atoms with E-state index in [1.165, 1.54) is 4.90 Å². The van der Waals surface area contributed by atoms with Crippen LogP contribution in [0.4, 0.5) is 0 Å². The summed E-state index contributed by atoms with van der Waals surface area (Å²) in [5.41, 5.74) is 1.68. The number of carbonyl (C=O) groups excluding carboxylic acids is 1. The Kier molecular flexibility index (Phi) is 8.17. The number of carboxylic acid groups (broad SMARTS) is 1. The number of amides is 1. The van der Waals surface area contributed by atoms with Crippen LogP contribution in [0.3, 0.4) is 0 Å². The summed E-state index contributed by atoms with van der Waals surface area (Å²) in [5.74, 6) is -0.368. The van der Waals surface area contributed by atoms with Crippen LogP contribution in [-0.4, -0.2) is 38.9 Å². The number of nitrogens with zero attached hydrogens (tertiary/aromatic N) is 1. The van der Waals surface area contributed by atoms with Gasteiger partial charge in [0.25, 0.3) is 5.91 Å². The van der Waals surface area contributed by atoms with Crippen molar-refractivity contribution >= 4 is 57.9 Å². The van der Waals surface area contributed by atoms with Gasteiger partial charge in [-0.1, -0.05) is 60.7 Å². The molecule has 1 fully saturated rings. The van der Waals surface area contributed by atoms with E-state index in [4.69, 9.17) is 33.3 Å². The van der Waals surface area contributed by atoms with Crippen molar-refractivity contribution in [3.05, 3.63) is 63.5 Å². The second-order valence-corrected chi connectivity index (χ2v) is 8.98. The van der Waals surface area contributed by atoms with Gasteiger partial charge in [0, 0.05) is 5.02 Å². The maximum absolute atomic E-state index is 12.8. The summed E-state index contributed by atoms with van der Waals surface area (Å²) in [6, 6.07) is 11.8. The Morgan fingerprint density at radius 1 is 1.19 bits per heavy atom. The molecule has 1 aliphatic rings. The molecule has 1 saturated heterocycles. The van der Waals surface area contributed by atoms with E-state index in [-0.39, 0.29) is 10.7 Å². The average molecular weight is 492 g/mol. The molecule has 1 N–H and O–H groups in total. The lowest BCUT2D eigenvalue weighted by molar-refractivity contribution is -0.145. The third-order valence-electron chi connectivity index (χ3n) is 4.68. The molecule has 0 aliphatic carbocycles. The average Bonchev–Trinajstić information content (AvgIpc) is 3.03. The number of rotatable bonds is 9. The number of hydrogen-bond donors (Lipinski definition) is 1. The fourth-order valence-electron chi connectivity index (χ4n) is 3.11. The van der Waals surface area contributed by atoms with E-state index >= 15 is 0 Å². The van der Waals surface area contributed by atoms with E-state index in [0.29, 0.717) is 34.6 Å². The predicted octanol–water partition coefficient (Wildman–Crippen LogP) is 5.38. The monoisotopic (exact) mass is 491 g/mol. The lowest BCUT2D eigenvalue weighted by atomic mass is 10.1. The van der Waals surface area contributed by atoms with E-state index in [0.717, 1.165) is 22.9 Å². The lowest BCUT2D eigenvalue weighted by Gasteiger charge is -2.21. The summed E-state index contributed by atoms with van der Waals surface area (Å²) in [7, 11) is 0. The third kappa shape index (κ3) is 5.62. The number of thioether (sulfide) groups is 1. The van der Waals surface area contributed by atoms with Crippen LogP contribution in [0.2, 0.25) is 5.02 Å². The first-order valence-electron chi connectivity index (χ1n) is 9.98. The molecule has 1 atom stereocenters.